The van der Waals surface area contributed by atoms with Crippen molar-refractivity contribution in [1.82, 2.24) is 0 Å². The fourth-order valence-electron chi connectivity index (χ4n) is 11.1. The number of rotatable bonds is 6. The summed E-state index contributed by atoms with van der Waals surface area (Å²) in [6.45, 7) is 0. The van der Waals surface area contributed by atoms with E-state index in [0.717, 1.165) is 0 Å². The van der Waals surface area contributed by atoms with Crippen LogP contribution in [0.15, 0.2) is 243 Å². The van der Waals surface area contributed by atoms with Gasteiger partial charge in [-0.05, 0) is 154 Å². The van der Waals surface area contributed by atoms with E-state index in [1.165, 1.54) is 142 Å². The number of fused-ring (bicyclic) bond motifs is 1. The van der Waals surface area contributed by atoms with Crippen LogP contribution in [0.5, 0.6) is 0 Å². The summed E-state index contributed by atoms with van der Waals surface area (Å²) in [6, 6.07) is 90.3. The second-order valence-electron chi connectivity index (χ2n) is 18.0. The fourth-order valence-corrected chi connectivity index (χ4v) is 11.1. The predicted molar refractivity (Wildman–Crippen MR) is 284 cm³/mol. The monoisotopic (exact) mass is 832 g/mol. The summed E-state index contributed by atoms with van der Waals surface area (Å²) < 4.78 is 0. The lowest BCUT2D eigenvalue weighted by molar-refractivity contribution is 1.57. The first-order valence-electron chi connectivity index (χ1n) is 23.0. The zero-order valence-corrected chi connectivity index (χ0v) is 36.1. The van der Waals surface area contributed by atoms with E-state index in [1.807, 2.05) is 0 Å². The SMILES string of the molecule is c1cc(-c2ccc(-c3ccc(-c4ccc5ccc6cccc7ccc4c5c67)cc3)cc2)cc(-c2ccc(-c3ccc4ccc5c(-c6ccc7ccccc7c6)ccc6ccc3c4c65)cc2)c1. The van der Waals surface area contributed by atoms with Crippen LogP contribution in [0.3, 0.4) is 0 Å². The average molecular weight is 833 g/mol. The standard InChI is InChI=1S/C66H40/c1-2-6-53-40-56(26-19-41(53)5-1)59-35-29-52-31-37-61-58(34-28-51-32-38-62(59)66(52)65(51)61)47-22-17-45(18-23-47)55-10-4-9-54(39-55)44-13-11-42(12-14-44)43-15-20-46(21-16-43)57-33-27-50-25-24-48-7-3-8-49-30-36-60(57)64(50)63(48)49/h1-40H. The van der Waals surface area contributed by atoms with Gasteiger partial charge in [-0.1, -0.05) is 231 Å². The third-order valence-corrected chi connectivity index (χ3v) is 14.4. The lowest BCUT2D eigenvalue weighted by atomic mass is 9.87. The van der Waals surface area contributed by atoms with Gasteiger partial charge in [-0.2, -0.15) is 0 Å². The predicted octanol–water partition coefficient (Wildman–Crippen LogP) is 18.6. The van der Waals surface area contributed by atoms with Gasteiger partial charge in [-0.25, -0.2) is 0 Å². The molecular weight excluding hydrogens is 793 g/mol. The zero-order chi connectivity index (χ0) is 43.3. The van der Waals surface area contributed by atoms with Crippen LogP contribution in [0.4, 0.5) is 0 Å². The number of hydrogen-bond acceptors (Lipinski definition) is 0. The van der Waals surface area contributed by atoms with Crippen molar-refractivity contribution in [3.8, 4) is 66.8 Å². The Balaban J connectivity index is 0.741. The molecule has 0 saturated carbocycles. The maximum atomic E-state index is 2.33. The third kappa shape index (κ3) is 5.79. The second-order valence-corrected chi connectivity index (χ2v) is 18.0. The Morgan fingerprint density at radius 2 is 0.470 bits per heavy atom. The minimum absolute atomic E-state index is 1.21. The molecule has 14 aromatic carbocycles. The highest BCUT2D eigenvalue weighted by Crippen LogP contribution is 2.44. The molecule has 0 unspecified atom stereocenters. The summed E-state index contributed by atoms with van der Waals surface area (Å²) in [6.07, 6.45) is 0. The maximum Gasteiger partial charge on any atom is -0.00203 e. The van der Waals surface area contributed by atoms with Gasteiger partial charge in [0.25, 0.3) is 0 Å². The van der Waals surface area contributed by atoms with E-state index in [-0.39, 0.29) is 0 Å². The summed E-state index contributed by atoms with van der Waals surface area (Å²) in [7, 11) is 0. The second kappa shape index (κ2) is 14.5. The molecule has 0 fully saturated rings. The van der Waals surface area contributed by atoms with Crippen LogP contribution >= 0.6 is 0 Å². The lowest BCUT2D eigenvalue weighted by Crippen LogP contribution is -1.90. The van der Waals surface area contributed by atoms with Gasteiger partial charge in [0.1, 0.15) is 0 Å². The zero-order valence-electron chi connectivity index (χ0n) is 36.1. The normalized spacial score (nSPS) is 11.9. The summed E-state index contributed by atoms with van der Waals surface area (Å²) in [5.74, 6) is 0. The van der Waals surface area contributed by atoms with Crippen molar-refractivity contribution in [3.05, 3.63) is 243 Å². The van der Waals surface area contributed by atoms with Crippen LogP contribution in [0.25, 0.3) is 142 Å². The molecule has 0 atom stereocenters. The Bertz CT molecular complexity index is 4160. The maximum absolute atomic E-state index is 2.33. The van der Waals surface area contributed by atoms with Crippen molar-refractivity contribution in [2.45, 2.75) is 0 Å². The molecule has 304 valence electrons. The van der Waals surface area contributed by atoms with Crippen molar-refractivity contribution in [1.29, 1.82) is 0 Å². The summed E-state index contributed by atoms with van der Waals surface area (Å²) >= 11 is 0. The molecule has 0 amide bonds. The smallest absolute Gasteiger partial charge is 0.00203 e. The van der Waals surface area contributed by atoms with Gasteiger partial charge < -0.3 is 0 Å². The largest absolute Gasteiger partial charge is 0.0616 e. The van der Waals surface area contributed by atoms with Gasteiger partial charge in [0.05, 0.1) is 0 Å². The first kappa shape index (κ1) is 36.9. The van der Waals surface area contributed by atoms with Gasteiger partial charge in [0, 0.05) is 0 Å². The molecule has 14 aromatic rings. The molecule has 0 nitrogen and oxygen atoms in total. The van der Waals surface area contributed by atoms with Crippen molar-refractivity contribution >= 4 is 75.4 Å². The van der Waals surface area contributed by atoms with Crippen molar-refractivity contribution in [2.75, 3.05) is 0 Å². The van der Waals surface area contributed by atoms with Crippen LogP contribution in [0, 0.1) is 0 Å². The molecule has 0 radical (unpaired) electrons. The van der Waals surface area contributed by atoms with Crippen LogP contribution in [-0.4, -0.2) is 0 Å². The number of benzene rings is 14. The van der Waals surface area contributed by atoms with E-state index >= 15 is 0 Å². The topological polar surface area (TPSA) is 0 Å². The van der Waals surface area contributed by atoms with E-state index in [1.54, 1.807) is 0 Å². The highest BCUT2D eigenvalue weighted by molar-refractivity contribution is 6.28. The molecule has 0 aliphatic heterocycles. The van der Waals surface area contributed by atoms with E-state index < -0.39 is 0 Å². The summed E-state index contributed by atoms with van der Waals surface area (Å²) in [5, 5.41) is 18.3. The Labute approximate surface area is 383 Å². The highest BCUT2D eigenvalue weighted by atomic mass is 14.2. The molecule has 0 heterocycles. The first-order chi connectivity index (χ1) is 32.7. The van der Waals surface area contributed by atoms with Crippen molar-refractivity contribution in [3.63, 3.8) is 0 Å². The number of hydrogen-bond donors (Lipinski definition) is 0. The van der Waals surface area contributed by atoms with Gasteiger partial charge >= 0.3 is 0 Å². The minimum Gasteiger partial charge on any atom is -0.0616 e. The van der Waals surface area contributed by atoms with Gasteiger partial charge in [0.15, 0.2) is 0 Å². The van der Waals surface area contributed by atoms with Gasteiger partial charge in [-0.15, -0.1) is 0 Å². The summed E-state index contributed by atoms with van der Waals surface area (Å²) in [4.78, 5) is 0. The van der Waals surface area contributed by atoms with Gasteiger partial charge in [0.2, 0.25) is 0 Å². The Kier molecular flexibility index (Phi) is 8.08. The van der Waals surface area contributed by atoms with Crippen LogP contribution in [0.2, 0.25) is 0 Å². The molecule has 0 aliphatic rings. The molecule has 0 saturated heterocycles. The minimum atomic E-state index is 1.21. The molecule has 0 aromatic heterocycles. The van der Waals surface area contributed by atoms with Crippen molar-refractivity contribution < 1.29 is 0 Å². The Morgan fingerprint density at radius 3 is 0.970 bits per heavy atom. The van der Waals surface area contributed by atoms with Crippen LogP contribution in [-0.2, 0) is 0 Å². The quantitative estimate of drug-likeness (QED) is 0.146. The Morgan fingerprint density at radius 1 is 0.152 bits per heavy atom. The van der Waals surface area contributed by atoms with E-state index in [4.69, 9.17) is 0 Å². The van der Waals surface area contributed by atoms with Crippen molar-refractivity contribution in [2.24, 2.45) is 0 Å². The van der Waals surface area contributed by atoms with Crippen LogP contribution < -0.4 is 0 Å². The van der Waals surface area contributed by atoms with E-state index in [9.17, 15) is 0 Å². The molecule has 0 spiro atoms. The Hall–Kier alpha value is -8.58. The van der Waals surface area contributed by atoms with Crippen LogP contribution in [0.1, 0.15) is 0 Å². The van der Waals surface area contributed by atoms with Gasteiger partial charge in [-0.3, -0.25) is 0 Å². The molecule has 0 heteroatoms. The molecular formula is C66H40. The third-order valence-electron chi connectivity index (χ3n) is 14.4. The van der Waals surface area contributed by atoms with E-state index in [2.05, 4.69) is 243 Å². The first-order valence-corrected chi connectivity index (χ1v) is 23.0. The molecule has 0 N–H and O–H groups in total. The average Bonchev–Trinajstić information content (AvgIpc) is 3.39. The highest BCUT2D eigenvalue weighted by Gasteiger charge is 2.16. The van der Waals surface area contributed by atoms with E-state index in [0.29, 0.717) is 0 Å². The molecule has 0 aliphatic carbocycles. The molecule has 14 rings (SSSR count). The molecule has 0 bridgehead atoms. The lowest BCUT2D eigenvalue weighted by Gasteiger charge is -2.17. The fraction of sp³-hybridized carbons (Fsp3) is 0. The molecule has 66 heavy (non-hydrogen) atoms. The summed E-state index contributed by atoms with van der Waals surface area (Å²) in [5.41, 5.74) is 14.8.